The summed E-state index contributed by atoms with van der Waals surface area (Å²) in [6.07, 6.45) is 3.14. The van der Waals surface area contributed by atoms with Crippen LogP contribution >= 0.6 is 34.7 Å². The van der Waals surface area contributed by atoms with Crippen LogP contribution in [0.2, 0.25) is 10.0 Å². The molecule has 0 aliphatic carbocycles. The molecule has 3 aromatic rings. The lowest BCUT2D eigenvalue weighted by atomic mass is 10.1. The molecule has 8 heteroatoms. The number of nitrogens with one attached hydrogen (secondary N) is 1. The van der Waals surface area contributed by atoms with Crippen LogP contribution in [0.25, 0.3) is 0 Å². The summed E-state index contributed by atoms with van der Waals surface area (Å²) < 4.78 is 4.52. The molecule has 31 heavy (non-hydrogen) atoms. The van der Waals surface area contributed by atoms with Crippen LogP contribution in [0.5, 0.6) is 0 Å². The first-order chi connectivity index (χ1) is 15.0. The molecule has 5 nitrogen and oxygen atoms in total. The van der Waals surface area contributed by atoms with Gasteiger partial charge in [-0.15, -0.1) is 0 Å². The largest absolute Gasteiger partial charge is 0.354 e. The Hall–Kier alpha value is -2.15. The van der Waals surface area contributed by atoms with Gasteiger partial charge in [0.05, 0.1) is 0 Å². The minimum atomic E-state index is -0.208. The van der Waals surface area contributed by atoms with Gasteiger partial charge in [0.2, 0.25) is 11.0 Å². The molecule has 1 aliphatic heterocycles. The number of hydrogen-bond acceptors (Lipinski definition) is 5. The van der Waals surface area contributed by atoms with Gasteiger partial charge >= 0.3 is 0 Å². The van der Waals surface area contributed by atoms with Crippen molar-refractivity contribution in [3.05, 3.63) is 75.0 Å². The average Bonchev–Trinajstić information content (AvgIpc) is 3.40. The zero-order chi connectivity index (χ0) is 21.8. The SMILES string of the molecule is Cc1ccc(Cc2nsc(N3CCCC3C(=O)NCCc3ccc(Cl)cc3Cl)n2)cc1. The van der Waals surface area contributed by atoms with E-state index in [-0.39, 0.29) is 11.9 Å². The Morgan fingerprint density at radius 2 is 2.03 bits per heavy atom. The van der Waals surface area contributed by atoms with Crippen molar-refractivity contribution in [1.29, 1.82) is 0 Å². The number of aromatic nitrogens is 2. The number of nitrogens with zero attached hydrogens (tertiary/aromatic N) is 3. The predicted molar refractivity (Wildman–Crippen MR) is 127 cm³/mol. The highest BCUT2D eigenvalue weighted by atomic mass is 35.5. The summed E-state index contributed by atoms with van der Waals surface area (Å²) in [5.74, 6) is 0.824. The van der Waals surface area contributed by atoms with Gasteiger partial charge in [-0.3, -0.25) is 4.79 Å². The second kappa shape index (κ2) is 9.98. The van der Waals surface area contributed by atoms with Crippen LogP contribution in [0.3, 0.4) is 0 Å². The zero-order valence-corrected chi connectivity index (χ0v) is 19.6. The third-order valence-corrected chi connectivity index (χ3v) is 6.83. The molecular formula is C23H24Cl2N4OS. The molecule has 1 aromatic heterocycles. The molecule has 1 atom stereocenters. The van der Waals surface area contributed by atoms with Crippen LogP contribution < -0.4 is 10.2 Å². The molecule has 1 fully saturated rings. The first-order valence-corrected chi connectivity index (χ1v) is 11.9. The lowest BCUT2D eigenvalue weighted by Crippen LogP contribution is -2.44. The number of rotatable bonds is 7. The van der Waals surface area contributed by atoms with Gasteiger partial charge in [-0.25, -0.2) is 4.98 Å². The van der Waals surface area contributed by atoms with Crippen LogP contribution in [0.15, 0.2) is 42.5 Å². The zero-order valence-electron chi connectivity index (χ0n) is 17.3. The molecule has 1 N–H and O–H groups in total. The maximum absolute atomic E-state index is 12.8. The summed E-state index contributed by atoms with van der Waals surface area (Å²) in [6.45, 7) is 3.42. The lowest BCUT2D eigenvalue weighted by Gasteiger charge is -2.22. The van der Waals surface area contributed by atoms with E-state index in [4.69, 9.17) is 28.2 Å². The minimum absolute atomic E-state index is 0.0258. The number of aryl methyl sites for hydroxylation is 1. The second-order valence-electron chi connectivity index (χ2n) is 7.78. The minimum Gasteiger partial charge on any atom is -0.354 e. The highest BCUT2D eigenvalue weighted by Gasteiger charge is 2.32. The highest BCUT2D eigenvalue weighted by Crippen LogP contribution is 2.28. The standard InChI is InChI=1S/C23H24Cl2N4OS/c1-15-4-6-16(7-5-15)13-21-27-23(31-28-21)29-12-2-3-20(29)22(30)26-11-10-17-8-9-18(24)14-19(17)25/h4-9,14,20H,2-3,10-13H2,1H3,(H,26,30). The van der Waals surface area contributed by atoms with Crippen molar-refractivity contribution in [2.24, 2.45) is 0 Å². The Labute approximate surface area is 196 Å². The van der Waals surface area contributed by atoms with Crippen LogP contribution in [-0.4, -0.2) is 34.4 Å². The van der Waals surface area contributed by atoms with E-state index in [9.17, 15) is 4.79 Å². The number of anilines is 1. The molecule has 4 rings (SSSR count). The molecule has 2 heterocycles. The third-order valence-electron chi connectivity index (χ3n) is 5.45. The normalized spacial score (nSPS) is 16.0. The van der Waals surface area contributed by atoms with Gasteiger partial charge < -0.3 is 10.2 Å². The Bertz CT molecular complexity index is 1050. The van der Waals surface area contributed by atoms with Gasteiger partial charge in [0.25, 0.3) is 0 Å². The highest BCUT2D eigenvalue weighted by molar-refractivity contribution is 7.09. The van der Waals surface area contributed by atoms with E-state index in [2.05, 4.69) is 45.8 Å². The van der Waals surface area contributed by atoms with Gasteiger partial charge in [0.1, 0.15) is 11.9 Å². The molecule has 1 aliphatic rings. The summed E-state index contributed by atoms with van der Waals surface area (Å²) >= 11 is 13.5. The smallest absolute Gasteiger partial charge is 0.242 e. The fourth-order valence-electron chi connectivity index (χ4n) is 3.75. The molecule has 0 saturated carbocycles. The van der Waals surface area contributed by atoms with Crippen molar-refractivity contribution in [3.63, 3.8) is 0 Å². The van der Waals surface area contributed by atoms with Crippen molar-refractivity contribution in [2.45, 2.75) is 38.6 Å². The summed E-state index contributed by atoms with van der Waals surface area (Å²) in [7, 11) is 0. The van der Waals surface area contributed by atoms with Gasteiger partial charge in [-0.2, -0.15) is 4.37 Å². The predicted octanol–water partition coefficient (Wildman–Crippen LogP) is 5.07. The molecule has 1 unspecified atom stereocenters. The van der Waals surface area contributed by atoms with Gasteiger partial charge in [0.15, 0.2) is 0 Å². The van der Waals surface area contributed by atoms with E-state index in [1.54, 1.807) is 6.07 Å². The molecular weight excluding hydrogens is 451 g/mol. The van der Waals surface area contributed by atoms with Crippen molar-refractivity contribution in [2.75, 3.05) is 18.0 Å². The van der Waals surface area contributed by atoms with Crippen LogP contribution in [0.1, 0.15) is 35.4 Å². The molecule has 1 amide bonds. The van der Waals surface area contributed by atoms with Gasteiger partial charge in [-0.05, 0) is 49.4 Å². The number of halogens is 2. The number of amides is 1. The second-order valence-corrected chi connectivity index (χ2v) is 9.36. The van der Waals surface area contributed by atoms with Crippen LogP contribution in [-0.2, 0) is 17.6 Å². The molecule has 1 saturated heterocycles. The molecule has 0 bridgehead atoms. The molecule has 0 radical (unpaired) electrons. The number of hydrogen-bond donors (Lipinski definition) is 1. The van der Waals surface area contributed by atoms with Crippen molar-refractivity contribution < 1.29 is 4.79 Å². The Morgan fingerprint density at radius 1 is 1.23 bits per heavy atom. The van der Waals surface area contributed by atoms with Crippen molar-refractivity contribution >= 4 is 45.8 Å². The quantitative estimate of drug-likeness (QED) is 0.518. The molecule has 162 valence electrons. The first-order valence-electron chi connectivity index (χ1n) is 10.4. The Morgan fingerprint density at radius 3 is 2.81 bits per heavy atom. The van der Waals surface area contributed by atoms with Crippen molar-refractivity contribution in [1.82, 2.24) is 14.7 Å². The number of benzene rings is 2. The maximum atomic E-state index is 12.8. The fraction of sp³-hybridized carbons (Fsp3) is 0.348. The van der Waals surface area contributed by atoms with Gasteiger partial charge in [-0.1, -0.05) is 59.1 Å². The summed E-state index contributed by atoms with van der Waals surface area (Å²) in [4.78, 5) is 19.6. The topological polar surface area (TPSA) is 58.1 Å². The van der Waals surface area contributed by atoms with E-state index < -0.39 is 0 Å². The summed E-state index contributed by atoms with van der Waals surface area (Å²) in [6, 6.07) is 13.6. The average molecular weight is 475 g/mol. The lowest BCUT2D eigenvalue weighted by molar-refractivity contribution is -0.122. The summed E-state index contributed by atoms with van der Waals surface area (Å²) in [5, 5.41) is 5.10. The molecule has 0 spiro atoms. The van der Waals surface area contributed by atoms with E-state index in [0.717, 1.165) is 35.9 Å². The van der Waals surface area contributed by atoms with Crippen LogP contribution in [0.4, 0.5) is 5.13 Å². The maximum Gasteiger partial charge on any atom is 0.242 e. The van der Waals surface area contributed by atoms with Crippen LogP contribution in [0, 0.1) is 6.92 Å². The molecule has 2 aromatic carbocycles. The van der Waals surface area contributed by atoms with E-state index in [1.165, 1.54) is 22.7 Å². The fourth-order valence-corrected chi connectivity index (χ4v) is 5.02. The summed E-state index contributed by atoms with van der Waals surface area (Å²) in [5.41, 5.74) is 3.39. The van der Waals surface area contributed by atoms with Crippen molar-refractivity contribution in [3.8, 4) is 0 Å². The Kier molecular flexibility index (Phi) is 7.10. The van der Waals surface area contributed by atoms with E-state index in [0.29, 0.717) is 29.4 Å². The number of carbonyl (C=O) groups excluding carboxylic acids is 1. The Balaban J connectivity index is 1.34. The monoisotopic (exact) mass is 474 g/mol. The number of carbonyl (C=O) groups is 1. The van der Waals surface area contributed by atoms with Gasteiger partial charge in [0, 0.05) is 41.1 Å². The third kappa shape index (κ3) is 5.56. The van der Waals surface area contributed by atoms with E-state index in [1.807, 2.05) is 12.1 Å². The first kappa shape index (κ1) is 22.1. The van der Waals surface area contributed by atoms with E-state index >= 15 is 0 Å².